The lowest BCUT2D eigenvalue weighted by atomic mass is 10.00. The Balaban J connectivity index is 1.58. The number of carbonyl (C=O) groups is 1. The van der Waals surface area contributed by atoms with Crippen molar-refractivity contribution >= 4 is 39.7 Å². The number of fused-ring (bicyclic) bond motifs is 1. The number of aliphatic imine (C=N–C) groups is 1. The number of hydrogen-bond donors (Lipinski definition) is 1. The highest BCUT2D eigenvalue weighted by Crippen LogP contribution is 2.33. The maximum atomic E-state index is 12.4. The molecule has 0 spiro atoms. The molecule has 4 rings (SSSR count). The van der Waals surface area contributed by atoms with Gasteiger partial charge in [-0.3, -0.25) is 4.79 Å². The Morgan fingerprint density at radius 1 is 1.24 bits per heavy atom. The highest BCUT2D eigenvalue weighted by atomic mass is 32.2. The van der Waals surface area contributed by atoms with Crippen LogP contribution in [-0.2, 0) is 4.79 Å². The van der Waals surface area contributed by atoms with Gasteiger partial charge < -0.3 is 10.0 Å². The SMILES string of the molecule is O=C1N=C(N2CCCC(CO)C2)S/C1=C\c1cccc2ccccc12. The van der Waals surface area contributed by atoms with Crippen molar-refractivity contribution in [2.75, 3.05) is 19.7 Å². The fraction of sp³-hybridized carbons (Fsp3) is 0.300. The number of nitrogens with zero attached hydrogens (tertiary/aromatic N) is 2. The van der Waals surface area contributed by atoms with Gasteiger partial charge >= 0.3 is 0 Å². The molecule has 25 heavy (non-hydrogen) atoms. The second kappa shape index (κ2) is 7.02. The maximum absolute atomic E-state index is 12.4. The Kier molecular flexibility index (Phi) is 4.59. The van der Waals surface area contributed by atoms with E-state index < -0.39 is 0 Å². The van der Waals surface area contributed by atoms with Gasteiger partial charge in [-0.05, 0) is 52.9 Å². The third kappa shape index (κ3) is 3.34. The molecular weight excluding hydrogens is 332 g/mol. The van der Waals surface area contributed by atoms with Crippen molar-refractivity contribution in [1.82, 2.24) is 4.90 Å². The zero-order valence-corrected chi connectivity index (χ0v) is 14.7. The number of aliphatic hydroxyl groups excluding tert-OH is 1. The molecule has 0 aromatic heterocycles. The van der Waals surface area contributed by atoms with Crippen molar-refractivity contribution in [2.24, 2.45) is 10.9 Å². The van der Waals surface area contributed by atoms with Crippen LogP contribution >= 0.6 is 11.8 Å². The molecule has 1 amide bonds. The lowest BCUT2D eigenvalue weighted by Gasteiger charge is -2.32. The smallest absolute Gasteiger partial charge is 0.286 e. The van der Waals surface area contributed by atoms with Crippen molar-refractivity contribution in [3.05, 3.63) is 52.9 Å². The average molecular weight is 352 g/mol. The number of benzene rings is 2. The Morgan fingerprint density at radius 3 is 2.96 bits per heavy atom. The first-order valence-electron chi connectivity index (χ1n) is 8.61. The molecule has 2 aromatic rings. The number of aliphatic hydroxyl groups is 1. The van der Waals surface area contributed by atoms with E-state index in [1.54, 1.807) is 0 Å². The van der Waals surface area contributed by atoms with E-state index in [4.69, 9.17) is 0 Å². The molecule has 0 radical (unpaired) electrons. The summed E-state index contributed by atoms with van der Waals surface area (Å²) in [7, 11) is 0. The van der Waals surface area contributed by atoms with Crippen molar-refractivity contribution in [3.63, 3.8) is 0 Å². The summed E-state index contributed by atoms with van der Waals surface area (Å²) in [6, 6.07) is 14.3. The topological polar surface area (TPSA) is 52.9 Å². The first-order chi connectivity index (χ1) is 12.2. The molecule has 1 N–H and O–H groups in total. The summed E-state index contributed by atoms with van der Waals surface area (Å²) in [5, 5.41) is 12.5. The van der Waals surface area contributed by atoms with Crippen LogP contribution in [0, 0.1) is 5.92 Å². The molecular formula is C20H20N2O2S. The van der Waals surface area contributed by atoms with E-state index in [1.807, 2.05) is 30.3 Å². The summed E-state index contributed by atoms with van der Waals surface area (Å²) in [5.41, 5.74) is 1.04. The fourth-order valence-corrected chi connectivity index (χ4v) is 4.38. The third-order valence-corrected chi connectivity index (χ3v) is 5.81. The van der Waals surface area contributed by atoms with Crippen LogP contribution in [0.4, 0.5) is 0 Å². The number of carbonyl (C=O) groups excluding carboxylic acids is 1. The summed E-state index contributed by atoms with van der Waals surface area (Å²) in [4.78, 5) is 19.4. The van der Waals surface area contributed by atoms with Crippen molar-refractivity contribution in [3.8, 4) is 0 Å². The highest BCUT2D eigenvalue weighted by Gasteiger charge is 2.29. The molecule has 0 saturated carbocycles. The van der Waals surface area contributed by atoms with Crippen LogP contribution in [-0.4, -0.2) is 40.8 Å². The van der Waals surface area contributed by atoms with Gasteiger partial charge in [0, 0.05) is 19.7 Å². The molecule has 0 bridgehead atoms. The Hall–Kier alpha value is -2.11. The molecule has 2 aliphatic rings. The second-order valence-electron chi connectivity index (χ2n) is 6.52. The molecule has 1 atom stereocenters. The normalized spacial score (nSPS) is 22.7. The van der Waals surface area contributed by atoms with E-state index in [0.717, 1.165) is 47.4 Å². The van der Waals surface area contributed by atoms with Crippen LogP contribution in [0.2, 0.25) is 0 Å². The molecule has 4 nitrogen and oxygen atoms in total. The summed E-state index contributed by atoms with van der Waals surface area (Å²) in [6.45, 7) is 1.87. The summed E-state index contributed by atoms with van der Waals surface area (Å²) >= 11 is 1.45. The minimum atomic E-state index is -0.168. The molecule has 2 aromatic carbocycles. The van der Waals surface area contributed by atoms with E-state index in [-0.39, 0.29) is 18.4 Å². The number of thioether (sulfide) groups is 1. The van der Waals surface area contributed by atoms with Gasteiger partial charge in [0.15, 0.2) is 5.17 Å². The quantitative estimate of drug-likeness (QED) is 0.841. The Bertz CT molecular complexity index is 870. The van der Waals surface area contributed by atoms with E-state index in [9.17, 15) is 9.90 Å². The molecule has 5 heteroatoms. The average Bonchev–Trinajstić information content (AvgIpc) is 3.03. The number of likely N-dealkylation sites (tertiary alicyclic amines) is 1. The Labute approximate surface area is 151 Å². The van der Waals surface area contributed by atoms with Gasteiger partial charge in [0.05, 0.1) is 4.91 Å². The van der Waals surface area contributed by atoms with Gasteiger partial charge in [0.25, 0.3) is 5.91 Å². The van der Waals surface area contributed by atoms with Gasteiger partial charge in [-0.25, -0.2) is 0 Å². The minimum Gasteiger partial charge on any atom is -0.396 e. The van der Waals surface area contributed by atoms with E-state index >= 15 is 0 Å². The summed E-state index contributed by atoms with van der Waals surface area (Å²) in [6.07, 6.45) is 4.01. The Morgan fingerprint density at radius 2 is 2.08 bits per heavy atom. The molecule has 2 heterocycles. The zero-order valence-electron chi connectivity index (χ0n) is 13.9. The van der Waals surface area contributed by atoms with Gasteiger partial charge in [-0.2, -0.15) is 4.99 Å². The van der Waals surface area contributed by atoms with Crippen LogP contribution in [0.15, 0.2) is 52.4 Å². The number of rotatable bonds is 2. The third-order valence-electron chi connectivity index (χ3n) is 4.77. The van der Waals surface area contributed by atoms with E-state index in [2.05, 4.69) is 28.1 Å². The highest BCUT2D eigenvalue weighted by molar-refractivity contribution is 8.18. The maximum Gasteiger partial charge on any atom is 0.286 e. The molecule has 0 aliphatic carbocycles. The van der Waals surface area contributed by atoms with Crippen LogP contribution in [0.3, 0.4) is 0 Å². The van der Waals surface area contributed by atoms with Crippen LogP contribution in [0.1, 0.15) is 18.4 Å². The molecule has 2 aliphatic heterocycles. The number of piperidine rings is 1. The van der Waals surface area contributed by atoms with Gasteiger partial charge in [0.1, 0.15) is 0 Å². The van der Waals surface area contributed by atoms with E-state index in [0.29, 0.717) is 4.91 Å². The van der Waals surface area contributed by atoms with Crippen LogP contribution in [0.5, 0.6) is 0 Å². The number of hydrogen-bond acceptors (Lipinski definition) is 4. The van der Waals surface area contributed by atoms with Gasteiger partial charge in [-0.15, -0.1) is 0 Å². The fourth-order valence-electron chi connectivity index (χ4n) is 3.44. The predicted octanol–water partition coefficient (Wildman–Crippen LogP) is 3.51. The van der Waals surface area contributed by atoms with Crippen LogP contribution < -0.4 is 0 Å². The predicted molar refractivity (Wildman–Crippen MR) is 103 cm³/mol. The molecule has 1 saturated heterocycles. The summed E-state index contributed by atoms with van der Waals surface area (Å²) < 4.78 is 0. The van der Waals surface area contributed by atoms with Gasteiger partial charge in [-0.1, -0.05) is 42.5 Å². The zero-order chi connectivity index (χ0) is 17.2. The molecule has 1 unspecified atom stereocenters. The van der Waals surface area contributed by atoms with Crippen LogP contribution in [0.25, 0.3) is 16.8 Å². The lowest BCUT2D eigenvalue weighted by Crippen LogP contribution is -2.39. The van der Waals surface area contributed by atoms with Crippen molar-refractivity contribution in [2.45, 2.75) is 12.8 Å². The minimum absolute atomic E-state index is 0.168. The summed E-state index contributed by atoms with van der Waals surface area (Å²) in [5.74, 6) is 0.109. The van der Waals surface area contributed by atoms with Crippen molar-refractivity contribution in [1.29, 1.82) is 0 Å². The van der Waals surface area contributed by atoms with E-state index in [1.165, 1.54) is 11.8 Å². The first kappa shape index (κ1) is 16.4. The number of amides is 1. The first-order valence-corrected chi connectivity index (χ1v) is 9.42. The standard InChI is InChI=1S/C20H20N2O2S/c23-13-14-5-4-10-22(12-14)20-21-19(24)18(25-20)11-16-8-3-7-15-6-1-2-9-17(15)16/h1-3,6-9,11,14,23H,4-5,10,12-13H2/b18-11-. The van der Waals surface area contributed by atoms with Crippen molar-refractivity contribution < 1.29 is 9.90 Å². The monoisotopic (exact) mass is 352 g/mol. The van der Waals surface area contributed by atoms with Gasteiger partial charge in [0.2, 0.25) is 0 Å². The molecule has 1 fully saturated rings. The lowest BCUT2D eigenvalue weighted by molar-refractivity contribution is -0.113. The largest absolute Gasteiger partial charge is 0.396 e. The molecule has 128 valence electrons. The second-order valence-corrected chi connectivity index (χ2v) is 7.52. The number of amidine groups is 1.